The van der Waals surface area contributed by atoms with Crippen LogP contribution in [-0.2, 0) is 9.53 Å². The number of aromatic nitrogens is 1. The van der Waals surface area contributed by atoms with Crippen LogP contribution in [0.15, 0.2) is 0 Å². The minimum atomic E-state index is -0.823. The number of halogens is 3. The van der Waals surface area contributed by atoms with Gasteiger partial charge in [-0.25, -0.2) is 4.79 Å². The van der Waals surface area contributed by atoms with Crippen molar-refractivity contribution in [1.82, 2.24) is 4.90 Å². The van der Waals surface area contributed by atoms with Crippen LogP contribution in [0.4, 0.5) is 5.69 Å². The number of nitrogen functional groups attached to an aromatic ring is 1. The summed E-state index contributed by atoms with van der Waals surface area (Å²) < 4.78 is 5.07. The number of nitrogens with two attached hydrogens (primary N) is 1. The lowest BCUT2D eigenvalue weighted by atomic mass is 9.97. The van der Waals surface area contributed by atoms with Crippen LogP contribution in [0.2, 0.25) is 15.2 Å². The first-order valence-corrected chi connectivity index (χ1v) is 8.71. The largest absolute Gasteiger partial charge is 0.448 e. The molecule has 132 valence electrons. The summed E-state index contributed by atoms with van der Waals surface area (Å²) in [6.45, 7) is 3.59. The maximum Gasteiger partial charge on any atom is 0.405 e. The summed E-state index contributed by atoms with van der Waals surface area (Å²) in [6.07, 6.45) is 2.96. The van der Waals surface area contributed by atoms with Gasteiger partial charge in [0.2, 0.25) is 0 Å². The first kappa shape index (κ1) is 19.1. The molecule has 0 saturated carbocycles. The van der Waals surface area contributed by atoms with E-state index in [-0.39, 0.29) is 51.2 Å². The van der Waals surface area contributed by atoms with E-state index >= 15 is 0 Å². The van der Waals surface area contributed by atoms with Crippen molar-refractivity contribution in [2.75, 3.05) is 12.3 Å². The first-order valence-electron chi connectivity index (χ1n) is 7.57. The molecule has 1 aromatic heterocycles. The van der Waals surface area contributed by atoms with Crippen molar-refractivity contribution < 1.29 is 19.3 Å². The number of hydrogen-bond acceptors (Lipinski definition) is 4. The van der Waals surface area contributed by atoms with Gasteiger partial charge in [0.25, 0.3) is 11.1 Å². The number of esters is 1. The Labute approximate surface area is 155 Å². The lowest BCUT2D eigenvalue weighted by Gasteiger charge is -2.38. The van der Waals surface area contributed by atoms with Crippen LogP contribution < -0.4 is 10.7 Å². The van der Waals surface area contributed by atoms with Crippen molar-refractivity contribution in [3.05, 3.63) is 20.9 Å². The number of hydrogen-bond donors (Lipinski definition) is 1. The molecule has 9 heteroatoms. The first-order chi connectivity index (χ1) is 11.2. The summed E-state index contributed by atoms with van der Waals surface area (Å²) in [5, 5.41) is -0.109. The molecule has 1 saturated heterocycles. The molecule has 0 radical (unpaired) electrons. The number of aromatic amines is 1. The Hall–Kier alpha value is -1.24. The Balaban J connectivity index is 2.07. The SMILES string of the molecule is C[C@@H]1CCC[C@@H](C)N1C(=O)COC(=O)c1[nH+]c(Cl)c(Cl)c(N)c1Cl. The number of rotatable bonds is 3. The third kappa shape index (κ3) is 3.87. The molecular formula is C15H19Cl3N3O3+. The van der Waals surface area contributed by atoms with E-state index in [0.717, 1.165) is 19.3 Å². The number of nitrogens with one attached hydrogen (secondary N) is 1. The maximum absolute atomic E-state index is 12.4. The van der Waals surface area contributed by atoms with Gasteiger partial charge in [-0.1, -0.05) is 23.2 Å². The molecule has 3 N–H and O–H groups in total. The van der Waals surface area contributed by atoms with E-state index in [2.05, 4.69) is 4.98 Å². The fraction of sp³-hybridized carbons (Fsp3) is 0.533. The van der Waals surface area contributed by atoms with E-state index in [9.17, 15) is 9.59 Å². The topological polar surface area (TPSA) is 86.8 Å². The fourth-order valence-electron chi connectivity index (χ4n) is 2.90. The second-order valence-corrected chi connectivity index (χ2v) is 7.00. The van der Waals surface area contributed by atoms with Gasteiger partial charge in [-0.05, 0) is 44.7 Å². The number of piperidine rings is 1. The number of likely N-dealkylation sites (tertiary alicyclic amines) is 1. The third-order valence-electron chi connectivity index (χ3n) is 4.13. The van der Waals surface area contributed by atoms with Crippen molar-refractivity contribution in [3.8, 4) is 0 Å². The van der Waals surface area contributed by atoms with E-state index < -0.39 is 5.97 Å². The van der Waals surface area contributed by atoms with E-state index in [0.29, 0.717) is 0 Å². The molecule has 6 nitrogen and oxygen atoms in total. The van der Waals surface area contributed by atoms with Crippen LogP contribution in [0.3, 0.4) is 0 Å². The molecule has 2 heterocycles. The number of anilines is 1. The zero-order chi connectivity index (χ0) is 18.0. The van der Waals surface area contributed by atoms with Gasteiger partial charge in [0.1, 0.15) is 10.0 Å². The van der Waals surface area contributed by atoms with Crippen molar-refractivity contribution >= 4 is 52.4 Å². The van der Waals surface area contributed by atoms with Crippen molar-refractivity contribution in [1.29, 1.82) is 0 Å². The molecule has 0 spiro atoms. The molecular weight excluding hydrogens is 377 g/mol. The molecule has 0 unspecified atom stereocenters. The summed E-state index contributed by atoms with van der Waals surface area (Å²) >= 11 is 17.7. The van der Waals surface area contributed by atoms with Crippen molar-refractivity contribution in [3.63, 3.8) is 0 Å². The lowest BCUT2D eigenvalue weighted by Crippen LogP contribution is -2.49. The third-order valence-corrected chi connectivity index (χ3v) is 5.30. The van der Waals surface area contributed by atoms with Crippen LogP contribution in [0.1, 0.15) is 43.6 Å². The van der Waals surface area contributed by atoms with E-state index in [1.807, 2.05) is 13.8 Å². The molecule has 1 fully saturated rings. The zero-order valence-corrected chi connectivity index (χ0v) is 15.6. The molecule has 0 bridgehead atoms. The van der Waals surface area contributed by atoms with Crippen LogP contribution >= 0.6 is 34.8 Å². The van der Waals surface area contributed by atoms with Gasteiger partial charge in [-0.15, -0.1) is 0 Å². The number of H-pyrrole nitrogens is 1. The zero-order valence-electron chi connectivity index (χ0n) is 13.4. The number of carbonyl (C=O) groups excluding carboxylic acids is 2. The van der Waals surface area contributed by atoms with Gasteiger partial charge in [-0.2, -0.15) is 4.98 Å². The summed E-state index contributed by atoms with van der Waals surface area (Å²) in [5.41, 5.74) is 5.51. The van der Waals surface area contributed by atoms with Gasteiger partial charge < -0.3 is 15.4 Å². The lowest BCUT2D eigenvalue weighted by molar-refractivity contribution is -0.380. The molecule has 1 aromatic rings. The number of nitrogens with zero attached hydrogens (tertiary/aromatic N) is 1. The summed E-state index contributed by atoms with van der Waals surface area (Å²) in [6, 6.07) is 0.242. The summed E-state index contributed by atoms with van der Waals surface area (Å²) in [4.78, 5) is 28.8. The smallest absolute Gasteiger partial charge is 0.405 e. The quantitative estimate of drug-likeness (QED) is 0.629. The minimum absolute atomic E-state index is 0.0188. The molecule has 0 aliphatic carbocycles. The fourth-order valence-corrected chi connectivity index (χ4v) is 3.50. The number of ether oxygens (including phenoxy) is 1. The number of amides is 1. The normalized spacial score (nSPS) is 20.8. The van der Waals surface area contributed by atoms with Gasteiger partial charge in [0.05, 0.1) is 5.69 Å². The minimum Gasteiger partial charge on any atom is -0.448 e. The van der Waals surface area contributed by atoms with Crippen molar-refractivity contribution in [2.24, 2.45) is 0 Å². The van der Waals surface area contributed by atoms with Crippen molar-refractivity contribution in [2.45, 2.75) is 45.2 Å². The van der Waals surface area contributed by atoms with E-state index in [4.69, 9.17) is 45.3 Å². The molecule has 1 aliphatic rings. The van der Waals surface area contributed by atoms with Crippen LogP contribution in [0.5, 0.6) is 0 Å². The van der Waals surface area contributed by atoms with Crippen LogP contribution in [0, 0.1) is 0 Å². The van der Waals surface area contributed by atoms with Gasteiger partial charge in [0.15, 0.2) is 6.61 Å². The molecule has 1 aliphatic heterocycles. The molecule has 2 atom stereocenters. The predicted octanol–water partition coefficient (Wildman–Crippen LogP) is 2.99. The van der Waals surface area contributed by atoms with Gasteiger partial charge in [-0.3, -0.25) is 4.79 Å². The Morgan fingerprint density at radius 3 is 2.38 bits per heavy atom. The Kier molecular flexibility index (Phi) is 6.17. The summed E-state index contributed by atoms with van der Waals surface area (Å²) in [5.74, 6) is -1.07. The number of carbonyl (C=O) groups is 2. The average Bonchev–Trinajstić information content (AvgIpc) is 2.53. The number of pyridine rings is 1. The van der Waals surface area contributed by atoms with E-state index in [1.54, 1.807) is 4.90 Å². The highest BCUT2D eigenvalue weighted by Crippen LogP contribution is 2.32. The summed E-state index contributed by atoms with van der Waals surface area (Å²) in [7, 11) is 0. The molecule has 2 rings (SSSR count). The Morgan fingerprint density at radius 1 is 1.21 bits per heavy atom. The average molecular weight is 396 g/mol. The van der Waals surface area contributed by atoms with Gasteiger partial charge in [0, 0.05) is 12.1 Å². The maximum atomic E-state index is 12.4. The standard InChI is InChI=1S/C15H18Cl3N3O3/c1-7-4-3-5-8(2)21(7)9(22)6-24-15(23)13-10(16)12(19)11(17)14(18)20-13/h7-8H,3-6H2,1-2H3,(H2,19,20)/p+1/t7-,8-/m1/s1. The second-order valence-electron chi connectivity index (χ2n) is 5.86. The highest BCUT2D eigenvalue weighted by molar-refractivity contribution is 6.45. The van der Waals surface area contributed by atoms with Crippen LogP contribution in [0.25, 0.3) is 0 Å². The second kappa shape index (κ2) is 7.76. The monoisotopic (exact) mass is 394 g/mol. The molecule has 24 heavy (non-hydrogen) atoms. The van der Waals surface area contributed by atoms with Crippen LogP contribution in [-0.4, -0.2) is 35.5 Å². The Bertz CT molecular complexity index is 659. The Morgan fingerprint density at radius 2 is 1.79 bits per heavy atom. The van der Waals surface area contributed by atoms with Gasteiger partial charge >= 0.3 is 11.7 Å². The highest BCUT2D eigenvalue weighted by Gasteiger charge is 2.31. The predicted molar refractivity (Wildman–Crippen MR) is 92.3 cm³/mol. The highest BCUT2D eigenvalue weighted by atomic mass is 35.5. The van der Waals surface area contributed by atoms with E-state index in [1.165, 1.54) is 0 Å². The molecule has 1 amide bonds. The molecule has 0 aromatic carbocycles.